The van der Waals surface area contributed by atoms with E-state index in [0.717, 1.165) is 29.7 Å². The molecule has 1 aromatic heterocycles. The molecule has 3 aromatic rings. The molecule has 0 bridgehead atoms. The van der Waals surface area contributed by atoms with Crippen molar-refractivity contribution < 1.29 is 9.47 Å². The van der Waals surface area contributed by atoms with Gasteiger partial charge in [0.25, 0.3) is 0 Å². The minimum atomic E-state index is 0.429. The van der Waals surface area contributed by atoms with Gasteiger partial charge in [-0.1, -0.05) is 43.2 Å². The van der Waals surface area contributed by atoms with Crippen LogP contribution >= 0.6 is 12.2 Å². The first-order valence-electron chi connectivity index (χ1n) is 9.22. The van der Waals surface area contributed by atoms with Crippen molar-refractivity contribution in [3.63, 3.8) is 0 Å². The Balaban J connectivity index is 1.85. The highest BCUT2D eigenvalue weighted by molar-refractivity contribution is 7.71. The molecule has 0 fully saturated rings. The Morgan fingerprint density at radius 2 is 1.96 bits per heavy atom. The lowest BCUT2D eigenvalue weighted by Crippen LogP contribution is -2.00. The summed E-state index contributed by atoms with van der Waals surface area (Å²) in [6, 6.07) is 13.8. The maximum atomic E-state index is 5.77. The zero-order valence-corrected chi connectivity index (χ0v) is 17.1. The van der Waals surface area contributed by atoms with E-state index in [0.29, 0.717) is 23.0 Å². The zero-order chi connectivity index (χ0) is 19.9. The molecule has 3 rings (SSSR count). The molecule has 0 aliphatic heterocycles. The van der Waals surface area contributed by atoms with E-state index in [1.54, 1.807) is 18.0 Å². The lowest BCUT2D eigenvalue weighted by Gasteiger charge is -2.10. The second kappa shape index (κ2) is 9.32. The fraction of sp³-hybridized carbons (Fsp3) is 0.286. The van der Waals surface area contributed by atoms with Crippen molar-refractivity contribution >= 4 is 18.4 Å². The largest absolute Gasteiger partial charge is 0.493 e. The average Bonchev–Trinajstić information content (AvgIpc) is 3.08. The van der Waals surface area contributed by atoms with Crippen LogP contribution in [0.5, 0.6) is 11.5 Å². The van der Waals surface area contributed by atoms with E-state index in [-0.39, 0.29) is 0 Å². The van der Waals surface area contributed by atoms with Crippen molar-refractivity contribution in [2.75, 3.05) is 13.7 Å². The van der Waals surface area contributed by atoms with E-state index in [1.807, 2.05) is 49.4 Å². The van der Waals surface area contributed by atoms with Crippen LogP contribution in [-0.2, 0) is 0 Å². The number of benzene rings is 2. The van der Waals surface area contributed by atoms with Crippen molar-refractivity contribution in [2.24, 2.45) is 5.10 Å². The normalized spacial score (nSPS) is 11.1. The number of aryl methyl sites for hydroxylation is 1. The Kier molecular flexibility index (Phi) is 6.60. The number of aromatic nitrogens is 3. The second-order valence-corrected chi connectivity index (χ2v) is 6.77. The summed E-state index contributed by atoms with van der Waals surface area (Å²) in [6.45, 7) is 4.85. The molecule has 0 saturated carbocycles. The lowest BCUT2D eigenvalue weighted by molar-refractivity contribution is 0.288. The Morgan fingerprint density at radius 3 is 2.68 bits per heavy atom. The van der Waals surface area contributed by atoms with Gasteiger partial charge < -0.3 is 9.47 Å². The van der Waals surface area contributed by atoms with E-state index in [1.165, 1.54) is 5.56 Å². The van der Waals surface area contributed by atoms with Crippen LogP contribution < -0.4 is 9.47 Å². The molecule has 2 aromatic carbocycles. The predicted molar refractivity (Wildman–Crippen MR) is 114 cm³/mol. The molecule has 6 nitrogen and oxygen atoms in total. The molecule has 146 valence electrons. The Labute approximate surface area is 169 Å². The molecule has 0 amide bonds. The third kappa shape index (κ3) is 4.67. The summed E-state index contributed by atoms with van der Waals surface area (Å²) >= 11 is 5.33. The first kappa shape index (κ1) is 19.8. The van der Waals surface area contributed by atoms with Gasteiger partial charge in [-0.05, 0) is 49.3 Å². The molecule has 1 heterocycles. The van der Waals surface area contributed by atoms with E-state index in [9.17, 15) is 0 Å². The van der Waals surface area contributed by atoms with Crippen molar-refractivity contribution in [1.29, 1.82) is 0 Å². The first-order chi connectivity index (χ1) is 13.6. The molecule has 0 unspecified atom stereocenters. The van der Waals surface area contributed by atoms with Gasteiger partial charge in [0, 0.05) is 5.56 Å². The van der Waals surface area contributed by atoms with E-state index in [2.05, 4.69) is 22.2 Å². The van der Waals surface area contributed by atoms with Crippen LogP contribution in [0.1, 0.15) is 30.9 Å². The van der Waals surface area contributed by atoms with E-state index >= 15 is 0 Å². The van der Waals surface area contributed by atoms with Gasteiger partial charge in [0.2, 0.25) is 4.77 Å². The second-order valence-electron chi connectivity index (χ2n) is 6.39. The molecular formula is C21H24N4O2S. The maximum absolute atomic E-state index is 5.77. The highest BCUT2D eigenvalue weighted by atomic mass is 32.1. The van der Waals surface area contributed by atoms with Gasteiger partial charge in [-0.2, -0.15) is 14.9 Å². The quantitative estimate of drug-likeness (QED) is 0.331. The Hall–Kier alpha value is -2.93. The fourth-order valence-electron chi connectivity index (χ4n) is 2.62. The third-order valence-corrected chi connectivity index (χ3v) is 4.49. The number of nitrogens with zero attached hydrogens (tertiary/aromatic N) is 3. The number of unbranched alkanes of at least 4 members (excludes halogenated alkanes) is 1. The number of rotatable bonds is 8. The third-order valence-electron chi connectivity index (χ3n) is 4.23. The van der Waals surface area contributed by atoms with Crippen LogP contribution in [0.15, 0.2) is 47.6 Å². The smallest absolute Gasteiger partial charge is 0.216 e. The minimum Gasteiger partial charge on any atom is -0.493 e. The van der Waals surface area contributed by atoms with Crippen LogP contribution in [0.4, 0.5) is 0 Å². The van der Waals surface area contributed by atoms with Gasteiger partial charge in [-0.25, -0.2) is 5.10 Å². The summed E-state index contributed by atoms with van der Waals surface area (Å²) in [5, 5.41) is 11.6. The monoisotopic (exact) mass is 396 g/mol. The lowest BCUT2D eigenvalue weighted by atomic mass is 10.1. The maximum Gasteiger partial charge on any atom is 0.216 e. The summed E-state index contributed by atoms with van der Waals surface area (Å²) in [5.74, 6) is 2.07. The summed E-state index contributed by atoms with van der Waals surface area (Å²) in [5.41, 5.74) is 2.99. The van der Waals surface area contributed by atoms with Gasteiger partial charge >= 0.3 is 0 Å². The number of H-pyrrole nitrogens is 1. The van der Waals surface area contributed by atoms with Crippen molar-refractivity contribution in [1.82, 2.24) is 14.9 Å². The summed E-state index contributed by atoms with van der Waals surface area (Å²) in [7, 11) is 1.63. The number of ether oxygens (including phenoxy) is 2. The SMILES string of the molecule is CCCCOc1ccc(/C=N\n2c(-c3ccc(C)cc3)n[nH]c2=S)cc1OC. The molecule has 7 heteroatoms. The highest BCUT2D eigenvalue weighted by Crippen LogP contribution is 2.28. The van der Waals surface area contributed by atoms with Crippen LogP contribution in [0, 0.1) is 11.7 Å². The topological polar surface area (TPSA) is 64.4 Å². The van der Waals surface area contributed by atoms with Gasteiger partial charge in [0.15, 0.2) is 17.3 Å². The molecule has 0 aliphatic carbocycles. The molecule has 28 heavy (non-hydrogen) atoms. The molecule has 0 radical (unpaired) electrons. The summed E-state index contributed by atoms with van der Waals surface area (Å²) in [6.07, 6.45) is 3.82. The standard InChI is InChI=1S/C21H24N4O2S/c1-4-5-12-27-18-11-8-16(13-19(18)26-3)14-22-25-20(23-24-21(25)28)17-9-6-15(2)7-10-17/h6-11,13-14H,4-5,12H2,1-3H3,(H,24,28)/b22-14-. The zero-order valence-electron chi connectivity index (χ0n) is 16.3. The molecular weight excluding hydrogens is 372 g/mol. The molecule has 0 saturated heterocycles. The number of methoxy groups -OCH3 is 1. The molecule has 0 spiro atoms. The van der Waals surface area contributed by atoms with Crippen molar-refractivity contribution in [3.8, 4) is 22.9 Å². The average molecular weight is 397 g/mol. The van der Waals surface area contributed by atoms with E-state index < -0.39 is 0 Å². The first-order valence-corrected chi connectivity index (χ1v) is 9.63. The molecule has 0 atom stereocenters. The number of aromatic amines is 1. The summed E-state index contributed by atoms with van der Waals surface area (Å²) < 4.78 is 13.3. The van der Waals surface area contributed by atoms with Gasteiger partial charge in [0.1, 0.15) is 0 Å². The van der Waals surface area contributed by atoms with Crippen LogP contribution in [0.2, 0.25) is 0 Å². The Morgan fingerprint density at radius 1 is 1.18 bits per heavy atom. The van der Waals surface area contributed by atoms with Gasteiger partial charge in [-0.3, -0.25) is 0 Å². The Bertz CT molecular complexity index is 1010. The number of nitrogens with one attached hydrogen (secondary N) is 1. The number of hydrogen-bond acceptors (Lipinski definition) is 5. The van der Waals surface area contributed by atoms with Crippen molar-refractivity contribution in [3.05, 3.63) is 58.4 Å². The van der Waals surface area contributed by atoms with Crippen molar-refractivity contribution in [2.45, 2.75) is 26.7 Å². The van der Waals surface area contributed by atoms with Crippen LogP contribution in [0.25, 0.3) is 11.4 Å². The van der Waals surface area contributed by atoms with E-state index in [4.69, 9.17) is 21.7 Å². The molecule has 0 aliphatic rings. The van der Waals surface area contributed by atoms with Crippen LogP contribution in [0.3, 0.4) is 0 Å². The van der Waals surface area contributed by atoms with Crippen LogP contribution in [-0.4, -0.2) is 34.8 Å². The van der Waals surface area contributed by atoms with Gasteiger partial charge in [-0.15, -0.1) is 0 Å². The summed E-state index contributed by atoms with van der Waals surface area (Å²) in [4.78, 5) is 0. The molecule has 1 N–H and O–H groups in total. The highest BCUT2D eigenvalue weighted by Gasteiger charge is 2.08. The minimum absolute atomic E-state index is 0.429. The fourth-order valence-corrected chi connectivity index (χ4v) is 2.80. The predicted octanol–water partition coefficient (Wildman–Crippen LogP) is 4.99. The number of hydrogen-bond donors (Lipinski definition) is 1. The van der Waals surface area contributed by atoms with Gasteiger partial charge in [0.05, 0.1) is 19.9 Å².